The van der Waals surface area contributed by atoms with Crippen molar-refractivity contribution in [2.45, 2.75) is 24.8 Å². The molecule has 0 fully saturated rings. The maximum absolute atomic E-state index is 6.71. The highest BCUT2D eigenvalue weighted by atomic mass is 32.1. The highest BCUT2D eigenvalue weighted by molar-refractivity contribution is 7.10. The van der Waals surface area contributed by atoms with Crippen LogP contribution in [0.15, 0.2) is 35.7 Å². The van der Waals surface area contributed by atoms with Crippen LogP contribution >= 0.6 is 11.3 Å². The summed E-state index contributed by atoms with van der Waals surface area (Å²) in [5, 5.41) is 2.10. The highest BCUT2D eigenvalue weighted by Gasteiger charge is 2.35. The van der Waals surface area contributed by atoms with Gasteiger partial charge in [0.1, 0.15) is 5.75 Å². The van der Waals surface area contributed by atoms with Crippen LogP contribution < -0.4 is 10.5 Å². The van der Waals surface area contributed by atoms with Crippen LogP contribution in [-0.2, 0) is 12.0 Å². The molecule has 1 heterocycles. The Bertz CT molecular complexity index is 550. The molecule has 1 aromatic heterocycles. The largest absolute Gasteiger partial charge is 0.497 e. The third kappa shape index (κ3) is 1.74. The second-order valence-corrected chi connectivity index (χ2v) is 5.77. The van der Waals surface area contributed by atoms with Crippen LogP contribution in [0, 0.1) is 0 Å². The SMILES string of the molecule is COc1ccc2c(c1)C(N)(c1cccs1)CCC2. The van der Waals surface area contributed by atoms with Gasteiger partial charge in [-0.15, -0.1) is 11.3 Å². The third-order valence-electron chi connectivity index (χ3n) is 3.78. The van der Waals surface area contributed by atoms with E-state index in [1.165, 1.54) is 16.0 Å². The van der Waals surface area contributed by atoms with E-state index < -0.39 is 0 Å². The van der Waals surface area contributed by atoms with Crippen molar-refractivity contribution in [3.8, 4) is 5.75 Å². The second-order valence-electron chi connectivity index (χ2n) is 4.83. The minimum Gasteiger partial charge on any atom is -0.497 e. The molecule has 3 rings (SSSR count). The minimum atomic E-state index is -0.337. The summed E-state index contributed by atoms with van der Waals surface area (Å²) >= 11 is 1.74. The summed E-state index contributed by atoms with van der Waals surface area (Å²) in [4.78, 5) is 1.25. The topological polar surface area (TPSA) is 35.2 Å². The molecule has 1 aliphatic rings. The van der Waals surface area contributed by atoms with E-state index in [0.29, 0.717) is 0 Å². The Labute approximate surface area is 111 Å². The average Bonchev–Trinajstić information content (AvgIpc) is 2.93. The number of ether oxygens (including phenoxy) is 1. The molecule has 1 atom stereocenters. The molecule has 0 saturated carbocycles. The Morgan fingerprint density at radius 3 is 2.94 bits per heavy atom. The lowest BCUT2D eigenvalue weighted by molar-refractivity contribution is 0.406. The second kappa shape index (κ2) is 4.41. The zero-order valence-corrected chi connectivity index (χ0v) is 11.3. The smallest absolute Gasteiger partial charge is 0.119 e. The molecular formula is C15H17NOS. The lowest BCUT2D eigenvalue weighted by Gasteiger charge is -2.35. The summed E-state index contributed by atoms with van der Waals surface area (Å²) in [5.41, 5.74) is 8.97. The lowest BCUT2D eigenvalue weighted by Crippen LogP contribution is -2.40. The molecule has 1 unspecified atom stereocenters. The van der Waals surface area contributed by atoms with Crippen molar-refractivity contribution in [3.05, 3.63) is 51.7 Å². The number of hydrogen-bond acceptors (Lipinski definition) is 3. The van der Waals surface area contributed by atoms with Gasteiger partial charge in [-0.3, -0.25) is 0 Å². The number of nitrogens with two attached hydrogens (primary N) is 1. The molecule has 0 spiro atoms. The summed E-state index contributed by atoms with van der Waals surface area (Å²) in [6.07, 6.45) is 3.27. The van der Waals surface area contributed by atoms with Crippen LogP contribution in [0.4, 0.5) is 0 Å². The van der Waals surface area contributed by atoms with Gasteiger partial charge in [0.05, 0.1) is 12.6 Å². The number of rotatable bonds is 2. The standard InChI is InChI=1S/C15H17NOS/c1-17-12-7-6-11-4-2-8-15(16,13(11)10-12)14-5-3-9-18-14/h3,5-7,9-10H,2,4,8,16H2,1H3. The van der Waals surface area contributed by atoms with Gasteiger partial charge in [-0.1, -0.05) is 12.1 Å². The third-order valence-corrected chi connectivity index (χ3v) is 4.82. The number of methoxy groups -OCH3 is 1. The van der Waals surface area contributed by atoms with E-state index >= 15 is 0 Å². The van der Waals surface area contributed by atoms with Crippen LogP contribution in [0.1, 0.15) is 28.8 Å². The number of thiophene rings is 1. The van der Waals surface area contributed by atoms with Crippen LogP contribution in [0.3, 0.4) is 0 Å². The molecule has 0 aliphatic heterocycles. The van der Waals surface area contributed by atoms with Crippen molar-refractivity contribution in [3.63, 3.8) is 0 Å². The summed E-state index contributed by atoms with van der Waals surface area (Å²) in [7, 11) is 1.70. The fourth-order valence-electron chi connectivity index (χ4n) is 2.80. The maximum atomic E-state index is 6.71. The number of hydrogen-bond donors (Lipinski definition) is 1. The van der Waals surface area contributed by atoms with Gasteiger partial charge in [0.2, 0.25) is 0 Å². The average molecular weight is 259 g/mol. The monoisotopic (exact) mass is 259 g/mol. The molecule has 0 radical (unpaired) electrons. The summed E-state index contributed by atoms with van der Waals surface area (Å²) in [5.74, 6) is 0.891. The van der Waals surface area contributed by atoms with E-state index in [-0.39, 0.29) is 5.54 Å². The summed E-state index contributed by atoms with van der Waals surface area (Å²) in [6, 6.07) is 10.5. The molecule has 18 heavy (non-hydrogen) atoms. The van der Waals surface area contributed by atoms with Crippen molar-refractivity contribution < 1.29 is 4.74 Å². The Balaban J connectivity index is 2.16. The normalized spacial score (nSPS) is 22.6. The highest BCUT2D eigenvalue weighted by Crippen LogP contribution is 2.41. The Morgan fingerprint density at radius 1 is 1.33 bits per heavy atom. The number of aryl methyl sites for hydroxylation is 1. The van der Waals surface area contributed by atoms with Gasteiger partial charge in [-0.25, -0.2) is 0 Å². The predicted octanol–water partition coefficient (Wildman–Crippen LogP) is 3.30. The first-order valence-electron chi connectivity index (χ1n) is 6.24. The molecular weight excluding hydrogens is 242 g/mol. The first-order chi connectivity index (χ1) is 8.74. The molecule has 1 aromatic carbocycles. The predicted molar refractivity (Wildman–Crippen MR) is 75.2 cm³/mol. The minimum absolute atomic E-state index is 0.337. The van der Waals surface area contributed by atoms with E-state index in [4.69, 9.17) is 10.5 Å². The van der Waals surface area contributed by atoms with Crippen LogP contribution in [-0.4, -0.2) is 7.11 Å². The fourth-order valence-corrected chi connectivity index (χ4v) is 3.68. The molecule has 2 N–H and O–H groups in total. The number of benzene rings is 1. The van der Waals surface area contributed by atoms with Crippen molar-refractivity contribution in [1.29, 1.82) is 0 Å². The molecule has 0 saturated heterocycles. The van der Waals surface area contributed by atoms with E-state index in [2.05, 4.69) is 29.6 Å². The van der Waals surface area contributed by atoms with Crippen molar-refractivity contribution in [2.24, 2.45) is 5.73 Å². The quantitative estimate of drug-likeness (QED) is 0.898. The van der Waals surface area contributed by atoms with E-state index in [1.54, 1.807) is 18.4 Å². The van der Waals surface area contributed by atoms with Crippen LogP contribution in [0.2, 0.25) is 0 Å². The molecule has 1 aliphatic carbocycles. The van der Waals surface area contributed by atoms with Gasteiger partial charge in [-0.05, 0) is 54.0 Å². The Morgan fingerprint density at radius 2 is 2.22 bits per heavy atom. The van der Waals surface area contributed by atoms with Crippen LogP contribution in [0.25, 0.3) is 0 Å². The Hall–Kier alpha value is -1.32. The zero-order chi connectivity index (χ0) is 12.6. The van der Waals surface area contributed by atoms with E-state index in [9.17, 15) is 0 Å². The molecule has 0 amide bonds. The summed E-state index contributed by atoms with van der Waals surface area (Å²) in [6.45, 7) is 0. The van der Waals surface area contributed by atoms with E-state index in [0.717, 1.165) is 25.0 Å². The van der Waals surface area contributed by atoms with Gasteiger partial charge in [-0.2, -0.15) is 0 Å². The maximum Gasteiger partial charge on any atom is 0.119 e. The molecule has 94 valence electrons. The lowest BCUT2D eigenvalue weighted by atomic mass is 9.76. The van der Waals surface area contributed by atoms with E-state index in [1.807, 2.05) is 6.07 Å². The first-order valence-corrected chi connectivity index (χ1v) is 7.12. The van der Waals surface area contributed by atoms with Gasteiger partial charge in [0.15, 0.2) is 0 Å². The van der Waals surface area contributed by atoms with Gasteiger partial charge in [0, 0.05) is 4.88 Å². The summed E-state index contributed by atoms with van der Waals surface area (Å²) < 4.78 is 5.34. The van der Waals surface area contributed by atoms with Crippen LogP contribution in [0.5, 0.6) is 5.75 Å². The first kappa shape index (κ1) is 11.8. The van der Waals surface area contributed by atoms with Crippen molar-refractivity contribution in [1.82, 2.24) is 0 Å². The number of fused-ring (bicyclic) bond motifs is 1. The zero-order valence-electron chi connectivity index (χ0n) is 10.5. The van der Waals surface area contributed by atoms with Gasteiger partial charge >= 0.3 is 0 Å². The van der Waals surface area contributed by atoms with Crippen molar-refractivity contribution in [2.75, 3.05) is 7.11 Å². The molecule has 2 nitrogen and oxygen atoms in total. The van der Waals surface area contributed by atoms with Gasteiger partial charge < -0.3 is 10.5 Å². The fraction of sp³-hybridized carbons (Fsp3) is 0.333. The van der Waals surface area contributed by atoms with Gasteiger partial charge in [0.25, 0.3) is 0 Å². The van der Waals surface area contributed by atoms with Crippen molar-refractivity contribution >= 4 is 11.3 Å². The molecule has 3 heteroatoms. The molecule has 2 aromatic rings. The molecule has 0 bridgehead atoms. The Kier molecular flexibility index (Phi) is 2.88.